The molecule has 4 aromatic carbocycles. The summed E-state index contributed by atoms with van der Waals surface area (Å²) in [5, 5.41) is 25.3. The molecule has 8 heteroatoms. The number of nitrogens with one attached hydrogen (secondary N) is 1. The Bertz CT molecular complexity index is 1650. The molecule has 0 unspecified atom stereocenters. The van der Waals surface area contributed by atoms with E-state index in [1.165, 1.54) is 39.8 Å². The van der Waals surface area contributed by atoms with Gasteiger partial charge >= 0.3 is 5.97 Å². The molecule has 0 fully saturated rings. The van der Waals surface area contributed by atoms with Gasteiger partial charge in [-0.1, -0.05) is 78.9 Å². The number of nitrogens with zero attached hydrogens (tertiary/aromatic N) is 1. The van der Waals surface area contributed by atoms with E-state index in [4.69, 9.17) is 5.11 Å². The Labute approximate surface area is 241 Å². The molecule has 214 valence electrons. The standard InChI is InChI=1S/C33H36N2O5S/c1-33(2,21-25-13-17-26-7-4-5-8-28(26)19-25)34-22-30(36)23-35(3)41(39,40)31-10-6-9-29(20-31)27-15-11-24(12-16-27)14-18-32(37)38/h4-20,30,34,36H,21-23H2,1-3H3,(H,37,38)/b18-14+/t30-/m1/s1. The first-order valence-corrected chi connectivity index (χ1v) is 14.9. The van der Waals surface area contributed by atoms with Gasteiger partial charge in [-0.2, -0.15) is 4.31 Å². The molecule has 0 saturated carbocycles. The van der Waals surface area contributed by atoms with E-state index in [9.17, 15) is 18.3 Å². The highest BCUT2D eigenvalue weighted by atomic mass is 32.2. The van der Waals surface area contributed by atoms with Crippen molar-refractivity contribution in [3.63, 3.8) is 0 Å². The highest BCUT2D eigenvalue weighted by molar-refractivity contribution is 7.89. The van der Waals surface area contributed by atoms with E-state index in [1.54, 1.807) is 24.3 Å². The first-order chi connectivity index (χ1) is 19.4. The fourth-order valence-electron chi connectivity index (χ4n) is 4.75. The third kappa shape index (κ3) is 8.11. The maximum atomic E-state index is 13.3. The van der Waals surface area contributed by atoms with Crippen LogP contribution in [0.4, 0.5) is 0 Å². The predicted molar refractivity (Wildman–Crippen MR) is 164 cm³/mol. The second-order valence-electron chi connectivity index (χ2n) is 10.9. The van der Waals surface area contributed by atoms with Crippen molar-refractivity contribution in [1.82, 2.24) is 9.62 Å². The number of rotatable bonds is 12. The second-order valence-corrected chi connectivity index (χ2v) is 12.9. The molecule has 4 rings (SSSR count). The van der Waals surface area contributed by atoms with Gasteiger partial charge in [0.2, 0.25) is 10.0 Å². The lowest BCUT2D eigenvalue weighted by atomic mass is 9.93. The lowest BCUT2D eigenvalue weighted by Crippen LogP contribution is -2.47. The van der Waals surface area contributed by atoms with E-state index < -0.39 is 22.1 Å². The third-order valence-electron chi connectivity index (χ3n) is 6.95. The predicted octanol–water partition coefficient (Wildman–Crippen LogP) is 5.20. The van der Waals surface area contributed by atoms with E-state index in [0.717, 1.165) is 23.6 Å². The van der Waals surface area contributed by atoms with Gasteiger partial charge in [0.15, 0.2) is 0 Å². The fraction of sp³-hybridized carbons (Fsp3) is 0.242. The van der Waals surface area contributed by atoms with Crippen molar-refractivity contribution >= 4 is 32.8 Å². The van der Waals surface area contributed by atoms with Gasteiger partial charge in [0.25, 0.3) is 0 Å². The van der Waals surface area contributed by atoms with Gasteiger partial charge < -0.3 is 15.5 Å². The van der Waals surface area contributed by atoms with Gasteiger partial charge in [-0.3, -0.25) is 0 Å². The molecule has 4 aromatic rings. The number of aliphatic hydroxyl groups excluding tert-OH is 1. The maximum Gasteiger partial charge on any atom is 0.328 e. The summed E-state index contributed by atoms with van der Waals surface area (Å²) in [4.78, 5) is 10.9. The molecular weight excluding hydrogens is 536 g/mol. The first kappa shape index (κ1) is 30.1. The molecule has 0 spiro atoms. The highest BCUT2D eigenvalue weighted by Gasteiger charge is 2.25. The Morgan fingerprint density at radius 1 is 0.927 bits per heavy atom. The Kier molecular flexibility index (Phi) is 9.40. The average Bonchev–Trinajstić information content (AvgIpc) is 2.95. The highest BCUT2D eigenvalue weighted by Crippen LogP contribution is 2.25. The average molecular weight is 573 g/mol. The molecule has 1 atom stereocenters. The molecule has 0 aliphatic heterocycles. The largest absolute Gasteiger partial charge is 0.478 e. The zero-order valence-corrected chi connectivity index (χ0v) is 24.3. The number of carboxylic acid groups (broad SMARTS) is 1. The SMILES string of the molecule is CN(C[C@H](O)CNC(C)(C)Cc1ccc2ccccc2c1)S(=O)(=O)c1cccc(-c2ccc(/C=C/C(=O)O)cc2)c1. The molecule has 3 N–H and O–H groups in total. The number of carboxylic acids is 1. The van der Waals surface area contributed by atoms with Crippen molar-refractivity contribution in [2.24, 2.45) is 0 Å². The number of β-amino-alcohol motifs (C(OH)–C–C–N with tert-alkyl or cyclic N) is 1. The summed E-state index contributed by atoms with van der Waals surface area (Å²) in [5.74, 6) is -1.03. The maximum absolute atomic E-state index is 13.3. The number of hydrogen-bond acceptors (Lipinski definition) is 5. The smallest absolute Gasteiger partial charge is 0.328 e. The molecule has 0 aliphatic rings. The molecule has 0 aromatic heterocycles. The number of benzene rings is 4. The number of likely N-dealkylation sites (N-methyl/N-ethyl adjacent to an activating group) is 1. The topological polar surface area (TPSA) is 107 Å². The quantitative estimate of drug-likeness (QED) is 0.202. The van der Waals surface area contributed by atoms with Crippen LogP contribution in [0, 0.1) is 0 Å². The van der Waals surface area contributed by atoms with Crippen LogP contribution in [0.15, 0.2) is 102 Å². The van der Waals surface area contributed by atoms with Crippen molar-refractivity contribution < 1.29 is 23.4 Å². The van der Waals surface area contributed by atoms with Crippen LogP contribution in [0.5, 0.6) is 0 Å². The van der Waals surface area contributed by atoms with Gasteiger partial charge in [-0.05, 0) is 71.5 Å². The second kappa shape index (κ2) is 12.8. The molecule has 7 nitrogen and oxygen atoms in total. The number of hydrogen-bond donors (Lipinski definition) is 3. The Balaban J connectivity index is 1.36. The number of aliphatic hydroxyl groups is 1. The summed E-state index contributed by atoms with van der Waals surface area (Å²) in [7, 11) is -2.38. The minimum Gasteiger partial charge on any atom is -0.478 e. The lowest BCUT2D eigenvalue weighted by molar-refractivity contribution is -0.131. The third-order valence-corrected chi connectivity index (χ3v) is 8.77. The van der Waals surface area contributed by atoms with Gasteiger partial charge in [-0.15, -0.1) is 0 Å². The zero-order valence-electron chi connectivity index (χ0n) is 23.5. The zero-order chi connectivity index (χ0) is 29.6. The van der Waals surface area contributed by atoms with Crippen LogP contribution in [-0.4, -0.2) is 60.7 Å². The summed E-state index contributed by atoms with van der Waals surface area (Å²) in [6.07, 6.45) is 2.41. The van der Waals surface area contributed by atoms with Crippen LogP contribution in [0.1, 0.15) is 25.0 Å². The van der Waals surface area contributed by atoms with Crippen molar-refractivity contribution in [3.8, 4) is 11.1 Å². The van der Waals surface area contributed by atoms with Crippen molar-refractivity contribution in [3.05, 3.63) is 108 Å². The van der Waals surface area contributed by atoms with Gasteiger partial charge in [-0.25, -0.2) is 13.2 Å². The van der Waals surface area contributed by atoms with Gasteiger partial charge in [0, 0.05) is 31.8 Å². The molecule has 0 saturated heterocycles. The lowest BCUT2D eigenvalue weighted by Gasteiger charge is -2.29. The van der Waals surface area contributed by atoms with Crippen LogP contribution < -0.4 is 5.32 Å². The number of carbonyl (C=O) groups is 1. The molecule has 0 radical (unpaired) electrons. The Hall–Kier alpha value is -3.82. The monoisotopic (exact) mass is 572 g/mol. The molecule has 0 aliphatic carbocycles. The van der Waals surface area contributed by atoms with Crippen LogP contribution in [-0.2, 0) is 21.2 Å². The molecule has 0 amide bonds. The van der Waals surface area contributed by atoms with Crippen LogP contribution in [0.2, 0.25) is 0 Å². The van der Waals surface area contributed by atoms with Gasteiger partial charge in [0.1, 0.15) is 0 Å². The summed E-state index contributed by atoms with van der Waals surface area (Å²) in [5.41, 5.74) is 3.11. The normalized spacial score (nSPS) is 13.2. The molecule has 41 heavy (non-hydrogen) atoms. The van der Waals surface area contributed by atoms with Crippen LogP contribution >= 0.6 is 0 Å². The van der Waals surface area contributed by atoms with Crippen LogP contribution in [0.25, 0.3) is 28.0 Å². The first-order valence-electron chi connectivity index (χ1n) is 13.4. The summed E-state index contributed by atoms with van der Waals surface area (Å²) < 4.78 is 27.8. The molecular formula is C33H36N2O5S. The Morgan fingerprint density at radius 2 is 1.63 bits per heavy atom. The van der Waals surface area contributed by atoms with E-state index in [1.807, 2.05) is 30.3 Å². The van der Waals surface area contributed by atoms with E-state index in [2.05, 4.69) is 49.5 Å². The number of fused-ring (bicyclic) bond motifs is 1. The number of aliphatic carboxylic acids is 1. The Morgan fingerprint density at radius 3 is 2.34 bits per heavy atom. The summed E-state index contributed by atoms with van der Waals surface area (Å²) in [6, 6.07) is 28.4. The van der Waals surface area contributed by atoms with Crippen molar-refractivity contribution in [1.29, 1.82) is 0 Å². The van der Waals surface area contributed by atoms with Crippen LogP contribution in [0.3, 0.4) is 0 Å². The van der Waals surface area contributed by atoms with E-state index in [-0.39, 0.29) is 23.5 Å². The minimum atomic E-state index is -3.84. The van der Waals surface area contributed by atoms with Gasteiger partial charge in [0.05, 0.1) is 11.0 Å². The van der Waals surface area contributed by atoms with E-state index >= 15 is 0 Å². The molecule has 0 heterocycles. The minimum absolute atomic E-state index is 0.0593. The molecule has 0 bridgehead atoms. The summed E-state index contributed by atoms with van der Waals surface area (Å²) >= 11 is 0. The van der Waals surface area contributed by atoms with E-state index in [0.29, 0.717) is 5.56 Å². The van der Waals surface area contributed by atoms with Crippen molar-refractivity contribution in [2.75, 3.05) is 20.1 Å². The van der Waals surface area contributed by atoms with Crippen molar-refractivity contribution in [2.45, 2.75) is 36.8 Å². The number of sulfonamides is 1. The summed E-state index contributed by atoms with van der Waals surface area (Å²) in [6.45, 7) is 4.31. The fourth-order valence-corrected chi connectivity index (χ4v) is 6.00.